The van der Waals surface area contributed by atoms with Crippen molar-refractivity contribution in [2.24, 2.45) is 0 Å². The Morgan fingerprint density at radius 2 is 2.04 bits per heavy atom. The first kappa shape index (κ1) is 15.7. The molecule has 1 aliphatic heterocycles. The molecule has 1 amide bonds. The third kappa shape index (κ3) is 3.76. The molecular formula is C17H16BrNO4. The van der Waals surface area contributed by atoms with Gasteiger partial charge in [-0.05, 0) is 42.3 Å². The van der Waals surface area contributed by atoms with E-state index in [0.717, 1.165) is 22.2 Å². The summed E-state index contributed by atoms with van der Waals surface area (Å²) < 4.78 is 17.1. The number of carbonyl (C=O) groups is 1. The summed E-state index contributed by atoms with van der Waals surface area (Å²) in [7, 11) is 0. The number of carbonyl (C=O) groups excluding carboxylic acids is 1. The van der Waals surface area contributed by atoms with Crippen molar-refractivity contribution in [3.05, 3.63) is 46.4 Å². The summed E-state index contributed by atoms with van der Waals surface area (Å²) in [4.78, 5) is 12.0. The molecule has 5 nitrogen and oxygen atoms in total. The number of aryl methyl sites for hydroxylation is 1. The predicted molar refractivity (Wildman–Crippen MR) is 90.2 cm³/mol. The lowest BCUT2D eigenvalue weighted by molar-refractivity contribution is -0.118. The fourth-order valence-corrected chi connectivity index (χ4v) is 2.69. The van der Waals surface area contributed by atoms with Crippen LogP contribution in [-0.4, -0.2) is 19.3 Å². The van der Waals surface area contributed by atoms with E-state index >= 15 is 0 Å². The van der Waals surface area contributed by atoms with Gasteiger partial charge in [0.2, 0.25) is 6.79 Å². The SMILES string of the molecule is CCc1cc(Br)ccc1OCC(=O)Nc1ccc2c(c1)OCO2. The molecule has 0 saturated carbocycles. The van der Waals surface area contributed by atoms with E-state index in [4.69, 9.17) is 14.2 Å². The molecular weight excluding hydrogens is 362 g/mol. The van der Waals surface area contributed by atoms with Crippen molar-refractivity contribution in [1.82, 2.24) is 0 Å². The lowest BCUT2D eigenvalue weighted by Gasteiger charge is -2.11. The van der Waals surface area contributed by atoms with Crippen molar-refractivity contribution < 1.29 is 19.0 Å². The molecule has 1 N–H and O–H groups in total. The van der Waals surface area contributed by atoms with Gasteiger partial charge in [-0.15, -0.1) is 0 Å². The van der Waals surface area contributed by atoms with E-state index in [1.165, 1.54) is 0 Å². The number of hydrogen-bond acceptors (Lipinski definition) is 4. The third-order valence-electron chi connectivity index (χ3n) is 3.42. The van der Waals surface area contributed by atoms with Gasteiger partial charge in [-0.25, -0.2) is 0 Å². The Morgan fingerprint density at radius 3 is 2.87 bits per heavy atom. The van der Waals surface area contributed by atoms with Crippen LogP contribution in [0.1, 0.15) is 12.5 Å². The Bertz CT molecular complexity index is 733. The van der Waals surface area contributed by atoms with E-state index in [1.54, 1.807) is 18.2 Å². The molecule has 6 heteroatoms. The van der Waals surface area contributed by atoms with Crippen LogP contribution in [0.15, 0.2) is 40.9 Å². The summed E-state index contributed by atoms with van der Waals surface area (Å²) in [5, 5.41) is 2.78. The number of hydrogen-bond donors (Lipinski definition) is 1. The largest absolute Gasteiger partial charge is 0.483 e. The summed E-state index contributed by atoms with van der Waals surface area (Å²) in [6.07, 6.45) is 0.832. The van der Waals surface area contributed by atoms with Gasteiger partial charge in [-0.1, -0.05) is 22.9 Å². The van der Waals surface area contributed by atoms with Crippen molar-refractivity contribution >= 4 is 27.5 Å². The maximum absolute atomic E-state index is 12.0. The normalized spacial score (nSPS) is 12.1. The van der Waals surface area contributed by atoms with Gasteiger partial charge in [-0.3, -0.25) is 4.79 Å². The summed E-state index contributed by atoms with van der Waals surface area (Å²) in [6.45, 7) is 2.20. The molecule has 2 aromatic carbocycles. The Kier molecular flexibility index (Phi) is 4.71. The van der Waals surface area contributed by atoms with Crippen LogP contribution in [-0.2, 0) is 11.2 Å². The van der Waals surface area contributed by atoms with Crippen LogP contribution in [0.3, 0.4) is 0 Å². The van der Waals surface area contributed by atoms with Gasteiger partial charge in [0.1, 0.15) is 5.75 Å². The van der Waals surface area contributed by atoms with E-state index in [1.807, 2.05) is 25.1 Å². The van der Waals surface area contributed by atoms with Crippen LogP contribution in [0.2, 0.25) is 0 Å². The van der Waals surface area contributed by atoms with Crippen LogP contribution in [0, 0.1) is 0 Å². The lowest BCUT2D eigenvalue weighted by Crippen LogP contribution is -2.20. The quantitative estimate of drug-likeness (QED) is 0.861. The summed E-state index contributed by atoms with van der Waals surface area (Å²) in [5.41, 5.74) is 1.70. The van der Waals surface area contributed by atoms with E-state index in [0.29, 0.717) is 17.2 Å². The van der Waals surface area contributed by atoms with Crippen LogP contribution >= 0.6 is 15.9 Å². The van der Waals surface area contributed by atoms with Crippen LogP contribution < -0.4 is 19.5 Å². The average Bonchev–Trinajstić information content (AvgIpc) is 3.01. The zero-order valence-corrected chi connectivity index (χ0v) is 14.2. The highest BCUT2D eigenvalue weighted by Crippen LogP contribution is 2.34. The first-order valence-electron chi connectivity index (χ1n) is 7.26. The molecule has 0 saturated heterocycles. The Morgan fingerprint density at radius 1 is 1.22 bits per heavy atom. The Balaban J connectivity index is 1.60. The van der Waals surface area contributed by atoms with Gasteiger partial charge in [0.05, 0.1) is 0 Å². The van der Waals surface area contributed by atoms with Crippen molar-refractivity contribution in [3.8, 4) is 17.2 Å². The minimum atomic E-state index is -0.228. The maximum Gasteiger partial charge on any atom is 0.262 e. The fraction of sp³-hybridized carbons (Fsp3) is 0.235. The molecule has 1 heterocycles. The molecule has 0 aromatic heterocycles. The number of anilines is 1. The second-order valence-corrected chi connectivity index (χ2v) is 5.93. The van der Waals surface area contributed by atoms with Crippen molar-refractivity contribution in [3.63, 3.8) is 0 Å². The third-order valence-corrected chi connectivity index (χ3v) is 3.91. The number of benzene rings is 2. The molecule has 0 atom stereocenters. The highest BCUT2D eigenvalue weighted by Gasteiger charge is 2.14. The highest BCUT2D eigenvalue weighted by atomic mass is 79.9. The predicted octanol–water partition coefficient (Wildman–Crippen LogP) is 3.76. The number of nitrogens with one attached hydrogen (secondary N) is 1. The zero-order chi connectivity index (χ0) is 16.2. The van der Waals surface area contributed by atoms with Crippen LogP contribution in [0.4, 0.5) is 5.69 Å². The van der Waals surface area contributed by atoms with Gasteiger partial charge in [0.25, 0.3) is 5.91 Å². The minimum Gasteiger partial charge on any atom is -0.483 e. The van der Waals surface area contributed by atoms with Crippen LogP contribution in [0.25, 0.3) is 0 Å². The second kappa shape index (κ2) is 6.91. The summed E-state index contributed by atoms with van der Waals surface area (Å²) in [6, 6.07) is 11.0. The molecule has 0 spiro atoms. The molecule has 2 aromatic rings. The van der Waals surface area contributed by atoms with Crippen molar-refractivity contribution in [2.75, 3.05) is 18.7 Å². The van der Waals surface area contributed by atoms with E-state index in [-0.39, 0.29) is 19.3 Å². The maximum atomic E-state index is 12.0. The first-order chi connectivity index (χ1) is 11.2. The molecule has 0 fully saturated rings. The number of amides is 1. The first-order valence-corrected chi connectivity index (χ1v) is 8.05. The van der Waals surface area contributed by atoms with Gasteiger partial charge in [-0.2, -0.15) is 0 Å². The molecule has 3 rings (SSSR count). The fourth-order valence-electron chi connectivity index (χ4n) is 2.28. The zero-order valence-electron chi connectivity index (χ0n) is 12.6. The Labute approximate surface area is 142 Å². The lowest BCUT2D eigenvalue weighted by atomic mass is 10.1. The molecule has 23 heavy (non-hydrogen) atoms. The van der Waals surface area contributed by atoms with Gasteiger partial charge >= 0.3 is 0 Å². The number of rotatable bonds is 5. The summed E-state index contributed by atoms with van der Waals surface area (Å²) >= 11 is 3.43. The molecule has 0 radical (unpaired) electrons. The Hall–Kier alpha value is -2.21. The smallest absolute Gasteiger partial charge is 0.262 e. The number of fused-ring (bicyclic) bond motifs is 1. The number of ether oxygens (including phenoxy) is 3. The van der Waals surface area contributed by atoms with E-state index in [9.17, 15) is 4.79 Å². The van der Waals surface area contributed by atoms with Crippen LogP contribution in [0.5, 0.6) is 17.2 Å². The van der Waals surface area contributed by atoms with E-state index < -0.39 is 0 Å². The molecule has 0 aliphatic carbocycles. The van der Waals surface area contributed by atoms with Gasteiger partial charge < -0.3 is 19.5 Å². The number of halogens is 1. The molecule has 120 valence electrons. The topological polar surface area (TPSA) is 56.8 Å². The minimum absolute atomic E-state index is 0.0525. The van der Waals surface area contributed by atoms with Crippen molar-refractivity contribution in [2.45, 2.75) is 13.3 Å². The monoisotopic (exact) mass is 377 g/mol. The summed E-state index contributed by atoms with van der Waals surface area (Å²) in [5.74, 6) is 1.80. The molecule has 0 unspecified atom stereocenters. The van der Waals surface area contributed by atoms with Crippen molar-refractivity contribution in [1.29, 1.82) is 0 Å². The highest BCUT2D eigenvalue weighted by molar-refractivity contribution is 9.10. The van der Waals surface area contributed by atoms with Gasteiger partial charge in [0, 0.05) is 16.2 Å². The standard InChI is InChI=1S/C17H16BrNO4/c1-2-11-7-12(18)3-5-14(11)21-9-17(20)19-13-4-6-15-16(8-13)23-10-22-15/h3-8H,2,9-10H2,1H3,(H,19,20). The van der Waals surface area contributed by atoms with Gasteiger partial charge in [0.15, 0.2) is 18.1 Å². The molecule has 1 aliphatic rings. The second-order valence-electron chi connectivity index (χ2n) is 5.01. The average molecular weight is 378 g/mol. The van der Waals surface area contributed by atoms with E-state index in [2.05, 4.69) is 21.2 Å². The molecule has 0 bridgehead atoms.